The van der Waals surface area contributed by atoms with E-state index >= 15 is 0 Å². The molecule has 0 amide bonds. The zero-order chi connectivity index (χ0) is 14.2. The maximum Gasteiger partial charge on any atom is 0.388 e. The van der Waals surface area contributed by atoms with Gasteiger partial charge >= 0.3 is 6.61 Å². The standard InChI is InChI=1S/C11H9ClF3N3O/c1-5-3-6(13)8(16-4-5)9-7(12)10(18(2)17-9)19-11(14)15/h3-4,11H,1-2H3. The fourth-order valence-corrected chi connectivity index (χ4v) is 1.85. The van der Waals surface area contributed by atoms with Gasteiger partial charge in [-0.3, -0.25) is 4.98 Å². The van der Waals surface area contributed by atoms with Crippen LogP contribution in [-0.4, -0.2) is 21.4 Å². The van der Waals surface area contributed by atoms with Crippen LogP contribution in [0.15, 0.2) is 12.3 Å². The van der Waals surface area contributed by atoms with Crippen molar-refractivity contribution in [1.29, 1.82) is 0 Å². The highest BCUT2D eigenvalue weighted by Gasteiger charge is 2.23. The SMILES string of the molecule is Cc1cnc(-c2nn(C)c(OC(F)F)c2Cl)c(F)c1. The van der Waals surface area contributed by atoms with E-state index in [-0.39, 0.29) is 22.3 Å². The van der Waals surface area contributed by atoms with Crippen molar-refractivity contribution in [2.75, 3.05) is 0 Å². The molecule has 0 aliphatic rings. The Morgan fingerprint density at radius 1 is 1.37 bits per heavy atom. The maximum atomic E-state index is 13.8. The molecule has 0 fully saturated rings. The van der Waals surface area contributed by atoms with Gasteiger partial charge in [-0.25, -0.2) is 9.07 Å². The third-order valence-corrected chi connectivity index (χ3v) is 2.68. The lowest BCUT2D eigenvalue weighted by atomic mass is 10.2. The van der Waals surface area contributed by atoms with E-state index < -0.39 is 12.4 Å². The first-order valence-corrected chi connectivity index (χ1v) is 5.57. The second-order valence-corrected chi connectivity index (χ2v) is 4.19. The third kappa shape index (κ3) is 2.65. The molecule has 4 nitrogen and oxygen atoms in total. The van der Waals surface area contributed by atoms with Crippen molar-refractivity contribution in [3.05, 3.63) is 28.7 Å². The summed E-state index contributed by atoms with van der Waals surface area (Å²) < 4.78 is 43.4. The Morgan fingerprint density at radius 2 is 2.05 bits per heavy atom. The van der Waals surface area contributed by atoms with Gasteiger partial charge in [0.15, 0.2) is 5.82 Å². The summed E-state index contributed by atoms with van der Waals surface area (Å²) in [5, 5.41) is 3.64. The Bertz CT molecular complexity index is 615. The molecule has 0 atom stereocenters. The maximum absolute atomic E-state index is 13.8. The van der Waals surface area contributed by atoms with E-state index in [0.717, 1.165) is 4.68 Å². The van der Waals surface area contributed by atoms with Crippen LogP contribution in [0.5, 0.6) is 5.88 Å². The summed E-state index contributed by atoms with van der Waals surface area (Å²) >= 11 is 5.87. The van der Waals surface area contributed by atoms with Gasteiger partial charge in [-0.2, -0.15) is 13.9 Å². The molecule has 2 aromatic heterocycles. The Morgan fingerprint density at radius 3 is 2.63 bits per heavy atom. The summed E-state index contributed by atoms with van der Waals surface area (Å²) in [5.41, 5.74) is 0.463. The van der Waals surface area contributed by atoms with E-state index in [2.05, 4.69) is 14.8 Å². The summed E-state index contributed by atoms with van der Waals surface area (Å²) in [5.74, 6) is -0.975. The zero-order valence-electron chi connectivity index (χ0n) is 9.99. The third-order valence-electron chi connectivity index (χ3n) is 2.34. The average Bonchev–Trinajstić information content (AvgIpc) is 2.57. The number of halogens is 4. The van der Waals surface area contributed by atoms with Crippen LogP contribution in [0.1, 0.15) is 5.56 Å². The number of nitrogens with zero attached hydrogens (tertiary/aromatic N) is 3. The van der Waals surface area contributed by atoms with Crippen LogP contribution in [0.3, 0.4) is 0 Å². The Labute approximate surface area is 111 Å². The van der Waals surface area contributed by atoms with Gasteiger partial charge in [-0.05, 0) is 18.6 Å². The molecule has 19 heavy (non-hydrogen) atoms. The van der Waals surface area contributed by atoms with Crippen LogP contribution in [0.2, 0.25) is 5.02 Å². The molecule has 0 radical (unpaired) electrons. The molecule has 0 saturated carbocycles. The number of pyridine rings is 1. The molecular formula is C11H9ClF3N3O. The molecule has 0 unspecified atom stereocenters. The minimum absolute atomic E-state index is 0.0442. The van der Waals surface area contributed by atoms with Gasteiger partial charge in [0.1, 0.15) is 16.4 Å². The molecule has 0 aliphatic carbocycles. The van der Waals surface area contributed by atoms with E-state index in [4.69, 9.17) is 11.6 Å². The van der Waals surface area contributed by atoms with Gasteiger partial charge in [-0.1, -0.05) is 11.6 Å². The van der Waals surface area contributed by atoms with Crippen molar-refractivity contribution >= 4 is 11.6 Å². The van der Waals surface area contributed by atoms with Gasteiger partial charge in [0, 0.05) is 13.2 Å². The number of rotatable bonds is 3. The van der Waals surface area contributed by atoms with Crippen molar-refractivity contribution in [1.82, 2.24) is 14.8 Å². The van der Waals surface area contributed by atoms with E-state index in [9.17, 15) is 13.2 Å². The normalized spacial score (nSPS) is 11.1. The van der Waals surface area contributed by atoms with Gasteiger partial charge in [-0.15, -0.1) is 0 Å². The largest absolute Gasteiger partial charge is 0.416 e. The Kier molecular flexibility index (Phi) is 3.66. The Balaban J connectivity index is 2.51. The summed E-state index contributed by atoms with van der Waals surface area (Å²) in [6.07, 6.45) is 1.43. The van der Waals surface area contributed by atoms with E-state index in [1.165, 1.54) is 19.3 Å². The van der Waals surface area contributed by atoms with Crippen molar-refractivity contribution in [2.24, 2.45) is 7.05 Å². The number of hydrogen-bond acceptors (Lipinski definition) is 3. The highest BCUT2D eigenvalue weighted by Crippen LogP contribution is 2.35. The fourth-order valence-electron chi connectivity index (χ4n) is 1.55. The zero-order valence-corrected chi connectivity index (χ0v) is 10.7. The Hall–Kier alpha value is -1.76. The molecular weight excluding hydrogens is 283 g/mol. The molecule has 2 heterocycles. The van der Waals surface area contributed by atoms with Gasteiger partial charge in [0.05, 0.1) is 0 Å². The van der Waals surface area contributed by atoms with Crippen LogP contribution < -0.4 is 4.74 Å². The van der Waals surface area contributed by atoms with Crippen LogP contribution in [0.25, 0.3) is 11.4 Å². The second-order valence-electron chi connectivity index (χ2n) is 3.81. The monoisotopic (exact) mass is 291 g/mol. The highest BCUT2D eigenvalue weighted by molar-refractivity contribution is 6.34. The molecule has 0 spiro atoms. The second kappa shape index (κ2) is 5.08. The van der Waals surface area contributed by atoms with Crippen LogP contribution in [0, 0.1) is 12.7 Å². The molecule has 2 aromatic rings. The molecule has 2 rings (SSSR count). The first kappa shape index (κ1) is 13.7. The molecule has 0 aromatic carbocycles. The van der Waals surface area contributed by atoms with Gasteiger partial charge < -0.3 is 4.74 Å². The topological polar surface area (TPSA) is 39.9 Å². The molecule has 0 saturated heterocycles. The van der Waals surface area contributed by atoms with Gasteiger partial charge in [0.25, 0.3) is 0 Å². The first-order valence-electron chi connectivity index (χ1n) is 5.20. The predicted molar refractivity (Wildman–Crippen MR) is 62.8 cm³/mol. The van der Waals surface area contributed by atoms with Crippen LogP contribution in [-0.2, 0) is 7.05 Å². The molecule has 0 bridgehead atoms. The first-order chi connectivity index (χ1) is 8.90. The van der Waals surface area contributed by atoms with E-state index in [0.29, 0.717) is 5.56 Å². The number of aryl methyl sites for hydroxylation is 2. The number of hydrogen-bond donors (Lipinski definition) is 0. The minimum atomic E-state index is -3.04. The lowest BCUT2D eigenvalue weighted by molar-refractivity contribution is -0.0552. The molecule has 0 aliphatic heterocycles. The lowest BCUT2D eigenvalue weighted by Gasteiger charge is -2.03. The summed E-state index contributed by atoms with van der Waals surface area (Å²) in [7, 11) is 1.36. The predicted octanol–water partition coefficient (Wildman–Crippen LogP) is 3.18. The summed E-state index contributed by atoms with van der Waals surface area (Å²) in [6.45, 7) is -1.37. The van der Waals surface area contributed by atoms with Crippen molar-refractivity contribution in [2.45, 2.75) is 13.5 Å². The van der Waals surface area contributed by atoms with Crippen LogP contribution in [0.4, 0.5) is 13.2 Å². The van der Waals surface area contributed by atoms with Crippen molar-refractivity contribution < 1.29 is 17.9 Å². The van der Waals surface area contributed by atoms with Crippen molar-refractivity contribution in [3.63, 3.8) is 0 Å². The average molecular weight is 292 g/mol. The van der Waals surface area contributed by atoms with Crippen molar-refractivity contribution in [3.8, 4) is 17.3 Å². The molecule has 102 valence electrons. The smallest absolute Gasteiger partial charge is 0.388 e. The summed E-state index contributed by atoms with van der Waals surface area (Å²) in [6, 6.07) is 1.25. The number of alkyl halides is 2. The lowest BCUT2D eigenvalue weighted by Crippen LogP contribution is -2.06. The highest BCUT2D eigenvalue weighted by atomic mass is 35.5. The minimum Gasteiger partial charge on any atom is -0.416 e. The number of aromatic nitrogens is 3. The van der Waals surface area contributed by atoms with E-state index in [1.807, 2.05) is 0 Å². The van der Waals surface area contributed by atoms with Gasteiger partial charge in [0.2, 0.25) is 5.88 Å². The molecule has 8 heteroatoms. The summed E-state index contributed by atoms with van der Waals surface area (Å²) in [4.78, 5) is 3.86. The van der Waals surface area contributed by atoms with E-state index in [1.54, 1.807) is 6.92 Å². The fraction of sp³-hybridized carbons (Fsp3) is 0.273. The number of ether oxygens (including phenoxy) is 1. The van der Waals surface area contributed by atoms with Crippen LogP contribution >= 0.6 is 11.6 Å². The molecule has 0 N–H and O–H groups in total. The quantitative estimate of drug-likeness (QED) is 0.872.